The quantitative estimate of drug-likeness (QED) is 0.744. The van der Waals surface area contributed by atoms with E-state index in [0.717, 1.165) is 12.0 Å². The van der Waals surface area contributed by atoms with E-state index in [0.29, 0.717) is 6.54 Å². The first kappa shape index (κ1) is 12.9. The standard InChI is InChI=1S/C14H19NO3/c1-8(2)5-6-15-13(16)11-9-3-4-10(7-9)12(11)14(17)18/h3-5,9-12H,6-7H2,1-2H3,(H,15,16)(H,17,18). The van der Waals surface area contributed by atoms with Gasteiger partial charge in [-0.1, -0.05) is 23.8 Å². The zero-order chi connectivity index (χ0) is 13.3. The number of carboxylic acids is 1. The Morgan fingerprint density at radius 3 is 2.44 bits per heavy atom. The molecule has 98 valence electrons. The second kappa shape index (κ2) is 4.96. The van der Waals surface area contributed by atoms with Crippen molar-refractivity contribution in [1.29, 1.82) is 0 Å². The van der Waals surface area contributed by atoms with Crippen LogP contribution in [0.3, 0.4) is 0 Å². The van der Waals surface area contributed by atoms with Crippen LogP contribution in [0.4, 0.5) is 0 Å². The van der Waals surface area contributed by atoms with E-state index in [2.05, 4.69) is 5.32 Å². The molecule has 0 heterocycles. The normalized spacial score (nSPS) is 32.3. The van der Waals surface area contributed by atoms with E-state index in [1.807, 2.05) is 32.1 Å². The Bertz CT molecular complexity index is 421. The minimum Gasteiger partial charge on any atom is -0.481 e. The molecule has 1 saturated carbocycles. The van der Waals surface area contributed by atoms with E-state index in [9.17, 15) is 14.7 Å². The van der Waals surface area contributed by atoms with Crippen molar-refractivity contribution < 1.29 is 14.7 Å². The lowest BCUT2D eigenvalue weighted by Gasteiger charge is -2.23. The molecule has 1 fully saturated rings. The highest BCUT2D eigenvalue weighted by atomic mass is 16.4. The van der Waals surface area contributed by atoms with Crippen LogP contribution in [-0.2, 0) is 9.59 Å². The lowest BCUT2D eigenvalue weighted by atomic mass is 9.82. The molecule has 4 unspecified atom stereocenters. The maximum Gasteiger partial charge on any atom is 0.307 e. The molecule has 18 heavy (non-hydrogen) atoms. The molecular formula is C14H19NO3. The van der Waals surface area contributed by atoms with Gasteiger partial charge >= 0.3 is 5.97 Å². The van der Waals surface area contributed by atoms with E-state index in [1.165, 1.54) is 0 Å². The number of aliphatic carboxylic acids is 1. The summed E-state index contributed by atoms with van der Waals surface area (Å²) < 4.78 is 0. The van der Waals surface area contributed by atoms with E-state index in [4.69, 9.17) is 0 Å². The summed E-state index contributed by atoms with van der Waals surface area (Å²) in [6, 6.07) is 0. The van der Waals surface area contributed by atoms with Crippen LogP contribution >= 0.6 is 0 Å². The van der Waals surface area contributed by atoms with Crippen molar-refractivity contribution in [2.24, 2.45) is 23.7 Å². The van der Waals surface area contributed by atoms with E-state index in [1.54, 1.807) is 0 Å². The number of hydrogen-bond donors (Lipinski definition) is 2. The molecule has 1 amide bonds. The number of rotatable bonds is 4. The molecular weight excluding hydrogens is 230 g/mol. The molecule has 0 aromatic carbocycles. The zero-order valence-electron chi connectivity index (χ0n) is 10.7. The van der Waals surface area contributed by atoms with Crippen LogP contribution < -0.4 is 5.32 Å². The van der Waals surface area contributed by atoms with Gasteiger partial charge in [0.2, 0.25) is 5.91 Å². The summed E-state index contributed by atoms with van der Waals surface area (Å²) in [4.78, 5) is 23.4. The monoisotopic (exact) mass is 249 g/mol. The van der Waals surface area contributed by atoms with Crippen molar-refractivity contribution in [3.8, 4) is 0 Å². The van der Waals surface area contributed by atoms with Gasteiger partial charge in [0.05, 0.1) is 11.8 Å². The summed E-state index contributed by atoms with van der Waals surface area (Å²) in [5.74, 6) is -1.80. The summed E-state index contributed by atoms with van der Waals surface area (Å²) in [5.41, 5.74) is 1.14. The van der Waals surface area contributed by atoms with Gasteiger partial charge in [0, 0.05) is 6.54 Å². The molecule has 2 aliphatic carbocycles. The number of carbonyl (C=O) groups is 2. The van der Waals surface area contributed by atoms with E-state index in [-0.39, 0.29) is 17.7 Å². The lowest BCUT2D eigenvalue weighted by Crippen LogP contribution is -2.40. The van der Waals surface area contributed by atoms with Gasteiger partial charge in [-0.3, -0.25) is 9.59 Å². The number of fused-ring (bicyclic) bond motifs is 2. The SMILES string of the molecule is CC(C)=CCNC(=O)C1C2C=CC(C2)C1C(=O)O. The van der Waals surface area contributed by atoms with Crippen LogP contribution in [0.2, 0.25) is 0 Å². The van der Waals surface area contributed by atoms with Gasteiger partial charge in [-0.15, -0.1) is 0 Å². The number of hydrogen-bond acceptors (Lipinski definition) is 2. The Hall–Kier alpha value is -1.58. The van der Waals surface area contributed by atoms with Crippen molar-refractivity contribution in [3.63, 3.8) is 0 Å². The predicted molar refractivity (Wildman–Crippen MR) is 67.8 cm³/mol. The van der Waals surface area contributed by atoms with Crippen LogP contribution in [0, 0.1) is 23.7 Å². The average Bonchev–Trinajstić information content (AvgIpc) is 2.87. The fourth-order valence-corrected chi connectivity index (χ4v) is 2.99. The summed E-state index contributed by atoms with van der Waals surface area (Å²) in [5, 5.41) is 12.1. The molecule has 4 atom stereocenters. The molecule has 0 radical (unpaired) electrons. The zero-order valence-corrected chi connectivity index (χ0v) is 10.7. The van der Waals surface area contributed by atoms with Crippen molar-refractivity contribution in [1.82, 2.24) is 5.32 Å². The Morgan fingerprint density at radius 1 is 1.28 bits per heavy atom. The molecule has 0 spiro atoms. The molecule has 0 aromatic heterocycles. The summed E-state index contributed by atoms with van der Waals surface area (Å²) >= 11 is 0. The first-order valence-electron chi connectivity index (χ1n) is 6.33. The van der Waals surface area contributed by atoms with Crippen molar-refractivity contribution in [2.45, 2.75) is 20.3 Å². The van der Waals surface area contributed by atoms with Crippen molar-refractivity contribution >= 4 is 11.9 Å². The Morgan fingerprint density at radius 2 is 1.89 bits per heavy atom. The summed E-state index contributed by atoms with van der Waals surface area (Å²) in [6.45, 7) is 4.41. The van der Waals surface area contributed by atoms with Crippen LogP contribution in [0.1, 0.15) is 20.3 Å². The van der Waals surface area contributed by atoms with Crippen LogP contribution in [0.5, 0.6) is 0 Å². The highest BCUT2D eigenvalue weighted by molar-refractivity contribution is 5.86. The number of carbonyl (C=O) groups excluding carboxylic acids is 1. The van der Waals surface area contributed by atoms with Gasteiger partial charge in [-0.05, 0) is 32.1 Å². The van der Waals surface area contributed by atoms with Gasteiger partial charge in [0.1, 0.15) is 0 Å². The maximum absolute atomic E-state index is 12.1. The Kier molecular flexibility index (Phi) is 3.55. The Labute approximate surface area is 107 Å². The van der Waals surface area contributed by atoms with Crippen LogP contribution in [0.25, 0.3) is 0 Å². The molecule has 0 saturated heterocycles. The van der Waals surface area contributed by atoms with Gasteiger partial charge < -0.3 is 10.4 Å². The third kappa shape index (κ3) is 2.33. The first-order chi connectivity index (χ1) is 8.50. The first-order valence-corrected chi connectivity index (χ1v) is 6.33. The topological polar surface area (TPSA) is 66.4 Å². The minimum atomic E-state index is -0.853. The number of allylic oxidation sites excluding steroid dienone is 3. The third-order valence-electron chi connectivity index (χ3n) is 3.83. The minimum absolute atomic E-state index is 0.0340. The fraction of sp³-hybridized carbons (Fsp3) is 0.571. The van der Waals surface area contributed by atoms with Gasteiger partial charge in [0.15, 0.2) is 0 Å². The summed E-state index contributed by atoms with van der Waals surface area (Å²) in [7, 11) is 0. The number of amides is 1. The van der Waals surface area contributed by atoms with Crippen molar-refractivity contribution in [2.75, 3.05) is 6.54 Å². The largest absolute Gasteiger partial charge is 0.481 e. The van der Waals surface area contributed by atoms with Gasteiger partial charge in [-0.25, -0.2) is 0 Å². The molecule has 0 aliphatic heterocycles. The highest BCUT2D eigenvalue weighted by Crippen LogP contribution is 2.48. The van der Waals surface area contributed by atoms with Crippen LogP contribution in [-0.4, -0.2) is 23.5 Å². The number of carboxylic acid groups (broad SMARTS) is 1. The molecule has 4 nitrogen and oxygen atoms in total. The highest BCUT2D eigenvalue weighted by Gasteiger charge is 2.51. The molecule has 0 aromatic rings. The molecule has 2 bridgehead atoms. The van der Waals surface area contributed by atoms with Gasteiger partial charge in [0.25, 0.3) is 0 Å². The fourth-order valence-electron chi connectivity index (χ4n) is 2.99. The van der Waals surface area contributed by atoms with E-state index < -0.39 is 17.8 Å². The smallest absolute Gasteiger partial charge is 0.307 e. The molecule has 2 aliphatic rings. The second-order valence-electron chi connectivity index (χ2n) is 5.36. The third-order valence-corrected chi connectivity index (χ3v) is 3.83. The lowest BCUT2D eigenvalue weighted by molar-refractivity contribution is -0.147. The molecule has 2 N–H and O–H groups in total. The number of nitrogens with one attached hydrogen (secondary N) is 1. The molecule has 2 rings (SSSR count). The molecule has 4 heteroatoms. The predicted octanol–water partition coefficient (Wildman–Crippen LogP) is 1.59. The maximum atomic E-state index is 12.1. The Balaban J connectivity index is 2.03. The van der Waals surface area contributed by atoms with Crippen LogP contribution in [0.15, 0.2) is 23.8 Å². The second-order valence-corrected chi connectivity index (χ2v) is 5.36. The average molecular weight is 249 g/mol. The van der Waals surface area contributed by atoms with E-state index >= 15 is 0 Å². The summed E-state index contributed by atoms with van der Waals surface area (Å²) in [6.07, 6.45) is 6.67. The van der Waals surface area contributed by atoms with Gasteiger partial charge in [-0.2, -0.15) is 0 Å². The van der Waals surface area contributed by atoms with Crippen molar-refractivity contribution in [3.05, 3.63) is 23.8 Å².